The molecule has 2 rings (SSSR count). The van der Waals surface area contributed by atoms with Crippen LogP contribution in [-0.2, 0) is 9.53 Å². The highest BCUT2D eigenvalue weighted by molar-refractivity contribution is 5.95. The standard InChI is InChI=1S/C16H21NO4/c1-11-4-5-13(8-12(11)2)14(18)17-7-6-16(9-17,10-21-3)15(19)20/h4-5,8H,6-7,9-10H2,1-3H3,(H,19,20). The van der Waals surface area contributed by atoms with Crippen molar-refractivity contribution >= 4 is 11.9 Å². The summed E-state index contributed by atoms with van der Waals surface area (Å²) in [6, 6.07) is 5.56. The first-order chi connectivity index (χ1) is 9.89. The molecule has 5 nitrogen and oxygen atoms in total. The van der Waals surface area contributed by atoms with Gasteiger partial charge in [0, 0.05) is 25.8 Å². The summed E-state index contributed by atoms with van der Waals surface area (Å²) in [6.07, 6.45) is 0.423. The molecular formula is C16H21NO4. The van der Waals surface area contributed by atoms with E-state index < -0.39 is 11.4 Å². The van der Waals surface area contributed by atoms with Crippen molar-refractivity contribution in [1.29, 1.82) is 0 Å². The minimum atomic E-state index is -0.982. The Morgan fingerprint density at radius 2 is 2.05 bits per heavy atom. The van der Waals surface area contributed by atoms with Crippen LogP contribution in [0.2, 0.25) is 0 Å². The predicted octanol–water partition coefficient (Wildman–Crippen LogP) is 1.87. The first-order valence-corrected chi connectivity index (χ1v) is 6.98. The van der Waals surface area contributed by atoms with Crippen molar-refractivity contribution in [1.82, 2.24) is 4.90 Å². The first kappa shape index (κ1) is 15.5. The second-order valence-electron chi connectivity index (χ2n) is 5.79. The van der Waals surface area contributed by atoms with Gasteiger partial charge in [0.1, 0.15) is 5.41 Å². The molecule has 1 heterocycles. The zero-order chi connectivity index (χ0) is 15.6. The number of hydrogen-bond acceptors (Lipinski definition) is 3. The molecule has 1 N–H and O–H groups in total. The number of carbonyl (C=O) groups excluding carboxylic acids is 1. The van der Waals surface area contributed by atoms with Gasteiger partial charge in [-0.15, -0.1) is 0 Å². The number of benzene rings is 1. The highest BCUT2D eigenvalue weighted by atomic mass is 16.5. The van der Waals surface area contributed by atoms with Crippen molar-refractivity contribution in [3.05, 3.63) is 34.9 Å². The molecule has 1 aliphatic rings. The Bertz CT molecular complexity index is 569. The molecule has 1 aliphatic heterocycles. The third-order valence-electron chi connectivity index (χ3n) is 4.27. The summed E-state index contributed by atoms with van der Waals surface area (Å²) in [5, 5.41) is 9.43. The average molecular weight is 291 g/mol. The van der Waals surface area contributed by atoms with Crippen LogP contribution in [0.15, 0.2) is 18.2 Å². The second kappa shape index (κ2) is 5.85. The van der Waals surface area contributed by atoms with Gasteiger partial charge in [-0.3, -0.25) is 9.59 Å². The van der Waals surface area contributed by atoms with Gasteiger partial charge in [-0.25, -0.2) is 0 Å². The minimum absolute atomic E-state index is 0.114. The highest BCUT2D eigenvalue weighted by Gasteiger charge is 2.46. The molecule has 0 spiro atoms. The number of likely N-dealkylation sites (tertiary alicyclic amines) is 1. The average Bonchev–Trinajstić information content (AvgIpc) is 2.87. The van der Waals surface area contributed by atoms with Crippen molar-refractivity contribution in [3.8, 4) is 0 Å². The molecule has 0 aromatic heterocycles. The Morgan fingerprint density at radius 1 is 1.33 bits per heavy atom. The second-order valence-corrected chi connectivity index (χ2v) is 5.79. The molecule has 0 bridgehead atoms. The molecule has 1 saturated heterocycles. The van der Waals surface area contributed by atoms with E-state index in [4.69, 9.17) is 4.74 Å². The normalized spacial score (nSPS) is 21.6. The minimum Gasteiger partial charge on any atom is -0.481 e. The lowest BCUT2D eigenvalue weighted by Gasteiger charge is -2.24. The molecule has 1 atom stereocenters. The fourth-order valence-corrected chi connectivity index (χ4v) is 2.73. The van der Waals surface area contributed by atoms with Gasteiger partial charge in [0.15, 0.2) is 0 Å². The molecule has 1 fully saturated rings. The van der Waals surface area contributed by atoms with Crippen LogP contribution in [0.25, 0.3) is 0 Å². The van der Waals surface area contributed by atoms with Gasteiger partial charge < -0.3 is 14.7 Å². The quantitative estimate of drug-likeness (QED) is 0.919. The summed E-state index contributed by atoms with van der Waals surface area (Å²) < 4.78 is 5.04. The Hall–Kier alpha value is -1.88. The van der Waals surface area contributed by atoms with Crippen LogP contribution in [0.1, 0.15) is 27.9 Å². The molecule has 1 aromatic carbocycles. The largest absolute Gasteiger partial charge is 0.481 e. The Balaban J connectivity index is 2.18. The van der Waals surface area contributed by atoms with Gasteiger partial charge in [-0.2, -0.15) is 0 Å². The van der Waals surface area contributed by atoms with Crippen LogP contribution in [-0.4, -0.2) is 48.7 Å². The highest BCUT2D eigenvalue weighted by Crippen LogP contribution is 2.32. The lowest BCUT2D eigenvalue weighted by atomic mass is 9.88. The van der Waals surface area contributed by atoms with Gasteiger partial charge in [0.05, 0.1) is 6.61 Å². The molecule has 1 unspecified atom stereocenters. The summed E-state index contributed by atoms with van der Waals surface area (Å²) in [5.74, 6) is -1.02. The van der Waals surface area contributed by atoms with E-state index in [0.717, 1.165) is 11.1 Å². The van der Waals surface area contributed by atoms with Crippen LogP contribution in [0, 0.1) is 19.3 Å². The number of hydrogen-bond donors (Lipinski definition) is 1. The molecule has 21 heavy (non-hydrogen) atoms. The van der Waals surface area contributed by atoms with Gasteiger partial charge in [0.25, 0.3) is 5.91 Å². The summed E-state index contributed by atoms with van der Waals surface area (Å²) in [5.41, 5.74) is 1.81. The summed E-state index contributed by atoms with van der Waals surface area (Å²) in [7, 11) is 1.48. The zero-order valence-corrected chi connectivity index (χ0v) is 12.7. The first-order valence-electron chi connectivity index (χ1n) is 6.98. The molecule has 0 aliphatic carbocycles. The molecule has 114 valence electrons. The van der Waals surface area contributed by atoms with Gasteiger partial charge >= 0.3 is 5.97 Å². The number of aliphatic carboxylic acids is 1. The van der Waals surface area contributed by atoms with Crippen molar-refractivity contribution in [3.63, 3.8) is 0 Å². The number of rotatable bonds is 4. The van der Waals surface area contributed by atoms with Crippen molar-refractivity contribution < 1.29 is 19.4 Å². The number of amides is 1. The zero-order valence-electron chi connectivity index (χ0n) is 12.7. The lowest BCUT2D eigenvalue weighted by Crippen LogP contribution is -2.40. The van der Waals surface area contributed by atoms with E-state index in [0.29, 0.717) is 18.5 Å². The van der Waals surface area contributed by atoms with Gasteiger partial charge in [-0.05, 0) is 43.5 Å². The van der Waals surface area contributed by atoms with Gasteiger partial charge in [-0.1, -0.05) is 6.07 Å². The monoisotopic (exact) mass is 291 g/mol. The Morgan fingerprint density at radius 3 is 2.62 bits per heavy atom. The molecule has 0 saturated carbocycles. The Labute approximate surface area is 124 Å². The maximum absolute atomic E-state index is 12.5. The fourth-order valence-electron chi connectivity index (χ4n) is 2.73. The van der Waals surface area contributed by atoms with Crippen LogP contribution in [0.3, 0.4) is 0 Å². The number of ether oxygens (including phenoxy) is 1. The third kappa shape index (κ3) is 2.93. The van der Waals surface area contributed by atoms with E-state index in [1.807, 2.05) is 26.0 Å². The van der Waals surface area contributed by atoms with Crippen LogP contribution in [0.4, 0.5) is 0 Å². The van der Waals surface area contributed by atoms with E-state index in [-0.39, 0.29) is 19.1 Å². The summed E-state index contributed by atoms with van der Waals surface area (Å²) in [6.45, 7) is 4.72. The van der Waals surface area contributed by atoms with Crippen LogP contribution in [0.5, 0.6) is 0 Å². The topological polar surface area (TPSA) is 66.8 Å². The maximum Gasteiger partial charge on any atom is 0.313 e. The smallest absolute Gasteiger partial charge is 0.313 e. The SMILES string of the molecule is COCC1(C(=O)O)CCN(C(=O)c2ccc(C)c(C)c2)C1. The number of carboxylic acid groups (broad SMARTS) is 1. The molecule has 0 radical (unpaired) electrons. The van der Waals surface area contributed by atoms with E-state index in [1.165, 1.54) is 7.11 Å². The molecule has 1 amide bonds. The van der Waals surface area contributed by atoms with Crippen molar-refractivity contribution in [2.75, 3.05) is 26.8 Å². The summed E-state index contributed by atoms with van der Waals surface area (Å²) >= 11 is 0. The third-order valence-corrected chi connectivity index (χ3v) is 4.27. The van der Waals surface area contributed by atoms with Crippen LogP contribution < -0.4 is 0 Å². The molecule has 5 heteroatoms. The van der Waals surface area contributed by atoms with E-state index >= 15 is 0 Å². The number of aryl methyl sites for hydroxylation is 2. The van der Waals surface area contributed by atoms with E-state index in [9.17, 15) is 14.7 Å². The van der Waals surface area contributed by atoms with Crippen LogP contribution >= 0.6 is 0 Å². The molecular weight excluding hydrogens is 270 g/mol. The lowest BCUT2D eigenvalue weighted by molar-refractivity contribution is -0.151. The van der Waals surface area contributed by atoms with Gasteiger partial charge in [0.2, 0.25) is 0 Å². The molecule has 1 aromatic rings. The fraction of sp³-hybridized carbons (Fsp3) is 0.500. The number of carboxylic acids is 1. The van der Waals surface area contributed by atoms with E-state index in [1.54, 1.807) is 11.0 Å². The maximum atomic E-state index is 12.5. The number of methoxy groups -OCH3 is 1. The number of carbonyl (C=O) groups is 2. The van der Waals surface area contributed by atoms with Crippen molar-refractivity contribution in [2.45, 2.75) is 20.3 Å². The van der Waals surface area contributed by atoms with Crippen molar-refractivity contribution in [2.24, 2.45) is 5.41 Å². The predicted molar refractivity (Wildman–Crippen MR) is 78.4 cm³/mol. The Kier molecular flexibility index (Phi) is 4.32. The number of nitrogens with zero attached hydrogens (tertiary/aromatic N) is 1. The summed E-state index contributed by atoms with van der Waals surface area (Å²) in [4.78, 5) is 25.6. The van der Waals surface area contributed by atoms with E-state index in [2.05, 4.69) is 0 Å².